The van der Waals surface area contributed by atoms with Crippen molar-refractivity contribution in [3.05, 3.63) is 42.1 Å². The van der Waals surface area contributed by atoms with Crippen LogP contribution in [0.1, 0.15) is 5.82 Å². The van der Waals surface area contributed by atoms with Gasteiger partial charge in [-0.2, -0.15) is 0 Å². The van der Waals surface area contributed by atoms with Gasteiger partial charge in [0.05, 0.1) is 26.9 Å². The molecule has 2 heterocycles. The Balaban J connectivity index is 1.75. The lowest BCUT2D eigenvalue weighted by Crippen LogP contribution is -2.37. The zero-order chi connectivity index (χ0) is 18.6. The Bertz CT molecular complexity index is 872. The number of methoxy groups -OCH3 is 1. The Hall–Kier alpha value is -2.30. The van der Waals surface area contributed by atoms with Crippen LogP contribution in [0.25, 0.3) is 0 Å². The van der Waals surface area contributed by atoms with E-state index in [1.165, 1.54) is 13.2 Å². The summed E-state index contributed by atoms with van der Waals surface area (Å²) in [7, 11) is -2.67. The molecule has 1 aromatic heterocycles. The van der Waals surface area contributed by atoms with E-state index < -0.39 is 15.8 Å². The molecular weight excluding hydrogens is 363 g/mol. The van der Waals surface area contributed by atoms with Gasteiger partial charge in [0.1, 0.15) is 28.1 Å². The molecule has 1 fully saturated rings. The molecule has 0 aliphatic carbocycles. The molecule has 0 spiro atoms. The molecular formula is C16H19FN4O4S. The third-order valence-corrected chi connectivity index (χ3v) is 5.28. The lowest BCUT2D eigenvalue weighted by molar-refractivity contribution is 0.122. The fraction of sp³-hybridized carbons (Fsp3) is 0.375. The van der Waals surface area contributed by atoms with E-state index in [1.54, 1.807) is 12.3 Å². The van der Waals surface area contributed by atoms with Crippen LogP contribution >= 0.6 is 0 Å². The first-order valence-corrected chi connectivity index (χ1v) is 9.46. The number of halogens is 1. The molecule has 10 heteroatoms. The largest absolute Gasteiger partial charge is 0.495 e. The van der Waals surface area contributed by atoms with Gasteiger partial charge in [0, 0.05) is 19.3 Å². The summed E-state index contributed by atoms with van der Waals surface area (Å²) in [4.78, 5) is 10.2. The van der Waals surface area contributed by atoms with Gasteiger partial charge in [0.15, 0.2) is 0 Å². The van der Waals surface area contributed by atoms with Crippen LogP contribution in [0, 0.1) is 5.82 Å². The average molecular weight is 382 g/mol. The molecule has 0 unspecified atom stereocenters. The first-order valence-electron chi connectivity index (χ1n) is 7.97. The summed E-state index contributed by atoms with van der Waals surface area (Å²) in [5, 5.41) is 0. The van der Waals surface area contributed by atoms with Gasteiger partial charge in [0.2, 0.25) is 10.0 Å². The van der Waals surface area contributed by atoms with Crippen LogP contribution in [0.3, 0.4) is 0 Å². The molecule has 1 N–H and O–H groups in total. The summed E-state index contributed by atoms with van der Waals surface area (Å²) in [6.45, 7) is 2.53. The van der Waals surface area contributed by atoms with Crippen LogP contribution in [0.4, 0.5) is 10.2 Å². The molecule has 2 aromatic rings. The standard InChI is InChI=1S/C16H19FN4O4S/c1-24-13-3-2-12(17)10-14(13)26(22,23)19-11-15-18-5-4-16(20-15)21-6-8-25-9-7-21/h2-5,10,19H,6-9,11H2,1H3. The predicted molar refractivity (Wildman–Crippen MR) is 92.0 cm³/mol. The number of morpholine rings is 1. The van der Waals surface area contributed by atoms with Crippen LogP contribution in [0.5, 0.6) is 5.75 Å². The van der Waals surface area contributed by atoms with Crippen molar-refractivity contribution in [2.75, 3.05) is 38.3 Å². The average Bonchev–Trinajstić information content (AvgIpc) is 2.67. The Morgan fingerprint density at radius 2 is 2.08 bits per heavy atom. The number of sulfonamides is 1. The zero-order valence-corrected chi connectivity index (χ0v) is 15.0. The van der Waals surface area contributed by atoms with Crippen molar-refractivity contribution >= 4 is 15.8 Å². The van der Waals surface area contributed by atoms with Crippen LogP contribution in [-0.4, -0.2) is 51.8 Å². The van der Waals surface area contributed by atoms with Gasteiger partial charge < -0.3 is 14.4 Å². The van der Waals surface area contributed by atoms with Gasteiger partial charge in [0.25, 0.3) is 0 Å². The topological polar surface area (TPSA) is 93.7 Å². The number of nitrogens with zero attached hydrogens (tertiary/aromatic N) is 3. The second-order valence-corrected chi connectivity index (χ2v) is 7.29. The summed E-state index contributed by atoms with van der Waals surface area (Å²) < 4.78 is 51.1. The maximum atomic E-state index is 13.4. The minimum Gasteiger partial charge on any atom is -0.495 e. The molecule has 0 bridgehead atoms. The van der Waals surface area contributed by atoms with Crippen molar-refractivity contribution < 1.29 is 22.3 Å². The quantitative estimate of drug-likeness (QED) is 0.795. The Kier molecular flexibility index (Phi) is 5.64. The molecule has 8 nitrogen and oxygen atoms in total. The van der Waals surface area contributed by atoms with Crippen molar-refractivity contribution in [2.24, 2.45) is 0 Å². The molecule has 0 atom stereocenters. The number of aromatic nitrogens is 2. The zero-order valence-electron chi connectivity index (χ0n) is 14.2. The fourth-order valence-corrected chi connectivity index (χ4v) is 3.70. The third kappa shape index (κ3) is 4.26. The van der Waals surface area contributed by atoms with Crippen molar-refractivity contribution in [1.29, 1.82) is 0 Å². The predicted octanol–water partition coefficient (Wildman–Crippen LogP) is 0.939. The first-order chi connectivity index (χ1) is 12.5. The summed E-state index contributed by atoms with van der Waals surface area (Å²) >= 11 is 0. The van der Waals surface area contributed by atoms with Gasteiger partial charge in [-0.3, -0.25) is 0 Å². The summed E-state index contributed by atoms with van der Waals surface area (Å²) in [5.41, 5.74) is 0. The highest BCUT2D eigenvalue weighted by molar-refractivity contribution is 7.89. The molecule has 26 heavy (non-hydrogen) atoms. The molecule has 0 saturated carbocycles. The van der Waals surface area contributed by atoms with Crippen LogP contribution < -0.4 is 14.4 Å². The minimum atomic E-state index is -3.99. The summed E-state index contributed by atoms with van der Waals surface area (Å²) in [5.74, 6) is 0.410. The Morgan fingerprint density at radius 3 is 2.81 bits per heavy atom. The van der Waals surface area contributed by atoms with Crippen LogP contribution in [0.15, 0.2) is 35.4 Å². The highest BCUT2D eigenvalue weighted by Gasteiger charge is 2.21. The lowest BCUT2D eigenvalue weighted by Gasteiger charge is -2.27. The maximum Gasteiger partial charge on any atom is 0.244 e. The third-order valence-electron chi connectivity index (χ3n) is 3.86. The van der Waals surface area contributed by atoms with Gasteiger partial charge in [-0.25, -0.2) is 27.5 Å². The van der Waals surface area contributed by atoms with Gasteiger partial charge >= 0.3 is 0 Å². The number of hydrogen-bond acceptors (Lipinski definition) is 7. The van der Waals surface area contributed by atoms with E-state index in [-0.39, 0.29) is 17.2 Å². The molecule has 3 rings (SSSR count). The number of nitrogens with one attached hydrogen (secondary N) is 1. The minimum absolute atomic E-state index is 0.0573. The van der Waals surface area contributed by atoms with Gasteiger partial charge in [-0.1, -0.05) is 0 Å². The molecule has 0 radical (unpaired) electrons. The Morgan fingerprint density at radius 1 is 1.31 bits per heavy atom. The van der Waals surface area contributed by atoms with Crippen LogP contribution in [-0.2, 0) is 21.3 Å². The number of hydrogen-bond donors (Lipinski definition) is 1. The van der Waals surface area contributed by atoms with E-state index in [0.29, 0.717) is 37.9 Å². The monoisotopic (exact) mass is 382 g/mol. The van der Waals surface area contributed by atoms with E-state index >= 15 is 0 Å². The number of rotatable bonds is 6. The SMILES string of the molecule is COc1ccc(F)cc1S(=O)(=O)NCc1nccc(N2CCOCC2)n1. The number of ether oxygens (including phenoxy) is 2. The van der Waals surface area contributed by atoms with Crippen molar-refractivity contribution in [3.8, 4) is 5.75 Å². The van der Waals surface area contributed by atoms with Crippen LogP contribution in [0.2, 0.25) is 0 Å². The highest BCUT2D eigenvalue weighted by atomic mass is 32.2. The first kappa shape index (κ1) is 18.5. The molecule has 140 valence electrons. The molecule has 0 amide bonds. The highest BCUT2D eigenvalue weighted by Crippen LogP contribution is 2.24. The second kappa shape index (κ2) is 7.94. The number of benzene rings is 1. The van der Waals surface area contributed by atoms with Gasteiger partial charge in [-0.15, -0.1) is 0 Å². The van der Waals surface area contributed by atoms with Crippen molar-refractivity contribution in [2.45, 2.75) is 11.4 Å². The van der Waals surface area contributed by atoms with E-state index in [4.69, 9.17) is 9.47 Å². The fourth-order valence-electron chi connectivity index (χ4n) is 2.54. The Labute approximate surface area is 151 Å². The molecule has 1 aromatic carbocycles. The van der Waals surface area contributed by atoms with E-state index in [0.717, 1.165) is 12.1 Å². The molecule has 1 aliphatic heterocycles. The van der Waals surface area contributed by atoms with E-state index in [1.807, 2.05) is 4.90 Å². The van der Waals surface area contributed by atoms with Crippen molar-refractivity contribution in [1.82, 2.24) is 14.7 Å². The van der Waals surface area contributed by atoms with E-state index in [9.17, 15) is 12.8 Å². The number of anilines is 1. The van der Waals surface area contributed by atoms with E-state index in [2.05, 4.69) is 14.7 Å². The normalized spacial score (nSPS) is 15.1. The maximum absolute atomic E-state index is 13.4. The second-order valence-electron chi connectivity index (χ2n) is 5.55. The smallest absolute Gasteiger partial charge is 0.244 e. The lowest BCUT2D eigenvalue weighted by atomic mass is 10.3. The van der Waals surface area contributed by atoms with Crippen molar-refractivity contribution in [3.63, 3.8) is 0 Å². The molecule has 1 saturated heterocycles. The van der Waals surface area contributed by atoms with Gasteiger partial charge in [-0.05, 0) is 24.3 Å². The summed E-state index contributed by atoms with van der Waals surface area (Å²) in [6, 6.07) is 5.07. The summed E-state index contributed by atoms with van der Waals surface area (Å²) in [6.07, 6.45) is 1.57. The molecule has 1 aliphatic rings.